The summed E-state index contributed by atoms with van der Waals surface area (Å²) in [6.07, 6.45) is -6.51. The number of rotatable bonds is 4. The van der Waals surface area contributed by atoms with Crippen molar-refractivity contribution >= 4 is 22.7 Å². The van der Waals surface area contributed by atoms with E-state index in [0.717, 1.165) is 29.3 Å². The smallest absolute Gasteiger partial charge is 0.361 e. The number of H-pyrrole nitrogens is 1. The topological polar surface area (TPSA) is 56.4 Å². The monoisotopic (exact) mass is 523 g/mol. The van der Waals surface area contributed by atoms with Crippen LogP contribution >= 0.6 is 0 Å². The molecule has 5 rings (SSSR count). The Labute approximate surface area is 208 Å². The van der Waals surface area contributed by atoms with Gasteiger partial charge >= 0.3 is 12.4 Å². The molecule has 1 saturated carbocycles. The molecule has 2 heterocycles. The third-order valence-electron chi connectivity index (χ3n) is 6.95. The molecule has 1 aromatic heterocycles. The molecule has 196 valence electrons. The molecule has 0 radical (unpaired) electrons. The summed E-state index contributed by atoms with van der Waals surface area (Å²) in [7, 11) is 0. The number of benzene rings is 2. The van der Waals surface area contributed by atoms with Gasteiger partial charge in [0.25, 0.3) is 5.91 Å². The average molecular weight is 523 g/mol. The van der Waals surface area contributed by atoms with Crippen LogP contribution in [0.15, 0.2) is 48.7 Å². The van der Waals surface area contributed by atoms with Crippen LogP contribution in [0.4, 0.5) is 26.3 Å². The first kappa shape index (κ1) is 25.2. The number of hydrogen-bond donors (Lipinski definition) is 1. The lowest BCUT2D eigenvalue weighted by Gasteiger charge is -2.42. The summed E-state index contributed by atoms with van der Waals surface area (Å²) in [4.78, 5) is 32.3. The van der Waals surface area contributed by atoms with Gasteiger partial charge in [-0.2, -0.15) is 26.3 Å². The molecule has 1 N–H and O–H groups in total. The van der Waals surface area contributed by atoms with Gasteiger partial charge in [-0.15, -0.1) is 0 Å². The van der Waals surface area contributed by atoms with Gasteiger partial charge in [0.1, 0.15) is 0 Å². The number of amides is 2. The summed E-state index contributed by atoms with van der Waals surface area (Å²) in [5.41, 5.74) is -2.08. The van der Waals surface area contributed by atoms with Crippen molar-refractivity contribution < 1.29 is 35.9 Å². The highest BCUT2D eigenvalue weighted by atomic mass is 19.4. The fraction of sp³-hybridized carbons (Fsp3) is 0.385. The van der Waals surface area contributed by atoms with Crippen molar-refractivity contribution in [3.8, 4) is 0 Å². The van der Waals surface area contributed by atoms with E-state index in [-0.39, 0.29) is 43.9 Å². The van der Waals surface area contributed by atoms with Gasteiger partial charge in [-0.05, 0) is 49.1 Å². The zero-order valence-corrected chi connectivity index (χ0v) is 19.5. The van der Waals surface area contributed by atoms with Crippen LogP contribution in [-0.4, -0.2) is 52.3 Å². The molecule has 0 spiro atoms. The molecule has 2 amide bonds. The van der Waals surface area contributed by atoms with E-state index in [1.807, 2.05) is 24.3 Å². The minimum atomic E-state index is -5.06. The Balaban J connectivity index is 1.50. The van der Waals surface area contributed by atoms with Gasteiger partial charge < -0.3 is 14.8 Å². The van der Waals surface area contributed by atoms with Gasteiger partial charge in [-0.25, -0.2) is 0 Å². The quantitative estimate of drug-likeness (QED) is 0.459. The van der Waals surface area contributed by atoms with Gasteiger partial charge in [-0.1, -0.05) is 18.2 Å². The van der Waals surface area contributed by atoms with Crippen LogP contribution < -0.4 is 0 Å². The highest BCUT2D eigenvalue weighted by Gasteiger charge is 2.41. The van der Waals surface area contributed by atoms with E-state index in [0.29, 0.717) is 12.1 Å². The fourth-order valence-corrected chi connectivity index (χ4v) is 4.88. The summed E-state index contributed by atoms with van der Waals surface area (Å²) >= 11 is 0. The molecule has 1 aliphatic carbocycles. The van der Waals surface area contributed by atoms with E-state index < -0.39 is 41.0 Å². The van der Waals surface area contributed by atoms with Crippen LogP contribution in [0.1, 0.15) is 39.9 Å². The third kappa shape index (κ3) is 5.17. The van der Waals surface area contributed by atoms with Crippen molar-refractivity contribution in [2.24, 2.45) is 5.92 Å². The molecule has 1 unspecified atom stereocenters. The first-order valence-electron chi connectivity index (χ1n) is 11.9. The number of nitrogens with one attached hydrogen (secondary N) is 1. The number of halogens is 6. The zero-order valence-electron chi connectivity index (χ0n) is 19.5. The molecule has 5 nitrogen and oxygen atoms in total. The summed E-state index contributed by atoms with van der Waals surface area (Å²) < 4.78 is 80.4. The van der Waals surface area contributed by atoms with Gasteiger partial charge in [0.2, 0.25) is 5.91 Å². The van der Waals surface area contributed by atoms with E-state index >= 15 is 0 Å². The van der Waals surface area contributed by atoms with Crippen LogP contribution in [0.25, 0.3) is 10.9 Å². The molecule has 1 aliphatic heterocycles. The molecule has 0 bridgehead atoms. The summed E-state index contributed by atoms with van der Waals surface area (Å²) in [6.45, 7) is 0.310. The highest BCUT2D eigenvalue weighted by Crippen LogP contribution is 2.37. The van der Waals surface area contributed by atoms with Crippen molar-refractivity contribution in [2.75, 3.05) is 19.6 Å². The van der Waals surface area contributed by atoms with Crippen molar-refractivity contribution in [1.29, 1.82) is 0 Å². The first-order valence-corrected chi connectivity index (χ1v) is 11.9. The lowest BCUT2D eigenvalue weighted by molar-refractivity contribution is -0.143. The Bertz CT molecular complexity index is 1310. The van der Waals surface area contributed by atoms with Gasteiger partial charge in [-0.3, -0.25) is 9.59 Å². The molecule has 2 aromatic carbocycles. The molecule has 1 atom stereocenters. The number of aromatic amines is 1. The van der Waals surface area contributed by atoms with Crippen molar-refractivity contribution in [3.05, 3.63) is 70.9 Å². The number of alkyl halides is 6. The lowest BCUT2D eigenvalue weighted by Crippen LogP contribution is -2.57. The Kier molecular flexibility index (Phi) is 6.19. The Morgan fingerprint density at radius 2 is 1.57 bits per heavy atom. The van der Waals surface area contributed by atoms with E-state index in [1.54, 1.807) is 11.1 Å². The van der Waals surface area contributed by atoms with Crippen LogP contribution in [0.5, 0.6) is 0 Å². The number of carbonyl (C=O) groups is 2. The van der Waals surface area contributed by atoms with Gasteiger partial charge in [0.15, 0.2) is 0 Å². The second-order valence-electron chi connectivity index (χ2n) is 9.57. The second kappa shape index (κ2) is 9.11. The standard InChI is InChI=1S/C26H23F6N3O2/c27-25(28,29)18-9-16(10-19(12-18)26(30,31)32)24(37)35-8-7-34(23(36)15-5-6-15)14-20(35)11-17-13-33-22-4-2-1-3-21(17)22/h1-4,9-10,12-13,15,20,33H,5-8,11,14H2. The molecule has 2 fully saturated rings. The highest BCUT2D eigenvalue weighted by molar-refractivity contribution is 5.95. The SMILES string of the molecule is O=C(C1CC1)N1CCN(C(=O)c2cc(C(F)(F)F)cc(C(F)(F)F)c2)C(Cc2c[nH]c3ccccc23)C1. The van der Waals surface area contributed by atoms with Crippen molar-refractivity contribution in [1.82, 2.24) is 14.8 Å². The number of piperazine rings is 1. The Morgan fingerprint density at radius 3 is 2.19 bits per heavy atom. The van der Waals surface area contributed by atoms with Crippen LogP contribution in [-0.2, 0) is 23.6 Å². The molecule has 3 aromatic rings. The first-order chi connectivity index (χ1) is 17.4. The predicted molar refractivity (Wildman–Crippen MR) is 123 cm³/mol. The van der Waals surface area contributed by atoms with Crippen LogP contribution in [0.3, 0.4) is 0 Å². The average Bonchev–Trinajstić information content (AvgIpc) is 3.63. The molecular formula is C26H23F6N3O2. The number of para-hydroxylation sites is 1. The molecule has 11 heteroatoms. The van der Waals surface area contributed by atoms with E-state index in [1.165, 1.54) is 4.90 Å². The van der Waals surface area contributed by atoms with Gasteiger partial charge in [0.05, 0.1) is 17.2 Å². The Morgan fingerprint density at radius 1 is 0.919 bits per heavy atom. The predicted octanol–water partition coefficient (Wildman–Crippen LogP) is 5.51. The second-order valence-corrected chi connectivity index (χ2v) is 9.57. The maximum atomic E-state index is 13.5. The third-order valence-corrected chi connectivity index (χ3v) is 6.95. The molecule has 2 aliphatic rings. The van der Waals surface area contributed by atoms with E-state index in [4.69, 9.17) is 0 Å². The van der Waals surface area contributed by atoms with Crippen LogP contribution in [0.2, 0.25) is 0 Å². The number of nitrogens with zero attached hydrogens (tertiary/aromatic N) is 2. The summed E-state index contributed by atoms with van der Waals surface area (Å²) in [5.74, 6) is -1.02. The lowest BCUT2D eigenvalue weighted by atomic mass is 9.98. The number of fused-ring (bicyclic) bond motifs is 1. The van der Waals surface area contributed by atoms with E-state index in [2.05, 4.69) is 4.98 Å². The summed E-state index contributed by atoms with van der Waals surface area (Å²) in [5, 5.41) is 0.888. The minimum absolute atomic E-state index is 0.00190. The number of carbonyl (C=O) groups excluding carboxylic acids is 2. The normalized spacial score (nSPS) is 18.9. The van der Waals surface area contributed by atoms with Crippen LogP contribution in [0, 0.1) is 5.92 Å². The largest absolute Gasteiger partial charge is 0.416 e. The van der Waals surface area contributed by atoms with Crippen molar-refractivity contribution in [2.45, 2.75) is 37.7 Å². The molecular weight excluding hydrogens is 500 g/mol. The Hall–Kier alpha value is -3.50. The number of aromatic nitrogens is 1. The van der Waals surface area contributed by atoms with Gasteiger partial charge in [0, 0.05) is 48.2 Å². The van der Waals surface area contributed by atoms with E-state index in [9.17, 15) is 35.9 Å². The maximum absolute atomic E-state index is 13.5. The number of hydrogen-bond acceptors (Lipinski definition) is 2. The maximum Gasteiger partial charge on any atom is 0.416 e. The van der Waals surface area contributed by atoms with Crippen molar-refractivity contribution in [3.63, 3.8) is 0 Å². The fourth-order valence-electron chi connectivity index (χ4n) is 4.88. The minimum Gasteiger partial charge on any atom is -0.361 e. The summed E-state index contributed by atoms with van der Waals surface area (Å²) in [6, 6.07) is 7.73. The molecule has 1 saturated heterocycles. The zero-order chi connectivity index (χ0) is 26.5. The molecule has 37 heavy (non-hydrogen) atoms.